The highest BCUT2D eigenvalue weighted by Crippen LogP contribution is 2.20. The maximum atomic E-state index is 5.79. The van der Waals surface area contributed by atoms with Crippen LogP contribution in [0.15, 0.2) is 18.5 Å². The number of alkyl halides is 1. The Balaban J connectivity index is 1.91. The Morgan fingerprint density at radius 3 is 3.27 bits per heavy atom. The van der Waals surface area contributed by atoms with Crippen molar-refractivity contribution in [2.24, 2.45) is 0 Å². The van der Waals surface area contributed by atoms with Gasteiger partial charge in [-0.05, 0) is 18.9 Å². The predicted octanol–water partition coefficient (Wildman–Crippen LogP) is 2.38. The van der Waals surface area contributed by atoms with E-state index in [0.717, 1.165) is 30.8 Å². The third-order valence-electron chi connectivity index (χ3n) is 2.46. The summed E-state index contributed by atoms with van der Waals surface area (Å²) in [6, 6.07) is 1.87. The summed E-state index contributed by atoms with van der Waals surface area (Å²) in [5.74, 6) is 1.21. The highest BCUT2D eigenvalue weighted by atomic mass is 35.5. The van der Waals surface area contributed by atoms with Crippen molar-refractivity contribution < 1.29 is 9.47 Å². The lowest BCUT2D eigenvalue weighted by molar-refractivity contribution is 0.0676. The Kier molecular flexibility index (Phi) is 3.80. The van der Waals surface area contributed by atoms with Crippen LogP contribution in [0.25, 0.3) is 0 Å². The summed E-state index contributed by atoms with van der Waals surface area (Å²) >= 11 is 5.79. The Labute approximate surface area is 94.4 Å². The Bertz CT molecular complexity index is 313. The second kappa shape index (κ2) is 5.33. The summed E-state index contributed by atoms with van der Waals surface area (Å²) in [6.07, 6.45) is 5.86. The molecule has 0 radical (unpaired) electrons. The van der Waals surface area contributed by atoms with Gasteiger partial charge in [0.1, 0.15) is 12.4 Å². The van der Waals surface area contributed by atoms with Crippen LogP contribution in [0, 0.1) is 0 Å². The minimum atomic E-state index is 0.230. The largest absolute Gasteiger partial charge is 0.489 e. The van der Waals surface area contributed by atoms with E-state index >= 15 is 0 Å². The monoisotopic (exact) mass is 227 g/mol. The second-order valence-electron chi connectivity index (χ2n) is 3.56. The summed E-state index contributed by atoms with van der Waals surface area (Å²) in [7, 11) is 0. The van der Waals surface area contributed by atoms with E-state index in [0.29, 0.717) is 12.5 Å². The number of ether oxygens (including phenoxy) is 2. The lowest BCUT2D eigenvalue weighted by Crippen LogP contribution is -2.16. The van der Waals surface area contributed by atoms with Gasteiger partial charge in [0.05, 0.1) is 18.2 Å². The van der Waals surface area contributed by atoms with Crippen LogP contribution in [-0.4, -0.2) is 24.3 Å². The molecule has 2 heterocycles. The van der Waals surface area contributed by atoms with Crippen LogP contribution < -0.4 is 4.74 Å². The van der Waals surface area contributed by atoms with Gasteiger partial charge in [-0.25, -0.2) is 0 Å². The molecule has 1 aliphatic heterocycles. The molecule has 1 unspecified atom stereocenters. The van der Waals surface area contributed by atoms with E-state index < -0.39 is 0 Å². The van der Waals surface area contributed by atoms with Crippen molar-refractivity contribution in [1.29, 1.82) is 0 Å². The molecule has 0 bridgehead atoms. The van der Waals surface area contributed by atoms with Crippen LogP contribution >= 0.6 is 11.6 Å². The third kappa shape index (κ3) is 2.83. The van der Waals surface area contributed by atoms with Gasteiger partial charge in [-0.1, -0.05) is 0 Å². The first-order valence-corrected chi connectivity index (χ1v) is 5.67. The van der Waals surface area contributed by atoms with Crippen LogP contribution in [0.4, 0.5) is 0 Å². The average Bonchev–Trinajstić information content (AvgIpc) is 2.79. The topological polar surface area (TPSA) is 31.4 Å². The lowest BCUT2D eigenvalue weighted by atomic mass is 10.2. The van der Waals surface area contributed by atoms with E-state index in [-0.39, 0.29) is 6.10 Å². The molecule has 82 valence electrons. The SMILES string of the molecule is ClCc1ccncc1OCC1CCCO1. The Hall–Kier alpha value is -0.800. The predicted molar refractivity (Wildman–Crippen MR) is 58.3 cm³/mol. The third-order valence-corrected chi connectivity index (χ3v) is 2.75. The van der Waals surface area contributed by atoms with E-state index in [9.17, 15) is 0 Å². The molecule has 1 atom stereocenters. The summed E-state index contributed by atoms with van der Waals surface area (Å²) < 4.78 is 11.1. The number of hydrogen-bond acceptors (Lipinski definition) is 3. The van der Waals surface area contributed by atoms with E-state index in [2.05, 4.69) is 4.98 Å². The molecule has 1 aromatic heterocycles. The highest BCUT2D eigenvalue weighted by Gasteiger charge is 2.16. The summed E-state index contributed by atoms with van der Waals surface area (Å²) in [4.78, 5) is 4.01. The normalized spacial score (nSPS) is 20.5. The number of nitrogens with zero attached hydrogens (tertiary/aromatic N) is 1. The quantitative estimate of drug-likeness (QED) is 0.741. The summed E-state index contributed by atoms with van der Waals surface area (Å²) in [5.41, 5.74) is 0.977. The molecule has 2 rings (SSSR count). The van der Waals surface area contributed by atoms with Crippen molar-refractivity contribution in [3.8, 4) is 5.75 Å². The number of hydrogen-bond donors (Lipinski definition) is 0. The number of aromatic nitrogens is 1. The van der Waals surface area contributed by atoms with Crippen LogP contribution in [0.1, 0.15) is 18.4 Å². The fraction of sp³-hybridized carbons (Fsp3) is 0.545. The molecule has 0 amide bonds. The first-order valence-electron chi connectivity index (χ1n) is 5.13. The van der Waals surface area contributed by atoms with Gasteiger partial charge in [0, 0.05) is 18.4 Å². The molecule has 4 heteroatoms. The molecular weight excluding hydrogens is 214 g/mol. The number of pyridine rings is 1. The molecule has 1 aromatic rings. The molecule has 0 N–H and O–H groups in total. The van der Waals surface area contributed by atoms with Crippen LogP contribution in [-0.2, 0) is 10.6 Å². The van der Waals surface area contributed by atoms with Crippen LogP contribution in [0.5, 0.6) is 5.75 Å². The Morgan fingerprint density at radius 1 is 1.60 bits per heavy atom. The average molecular weight is 228 g/mol. The van der Waals surface area contributed by atoms with E-state index in [1.165, 1.54) is 0 Å². The van der Waals surface area contributed by atoms with Crippen molar-refractivity contribution >= 4 is 11.6 Å². The Morgan fingerprint density at radius 2 is 2.53 bits per heavy atom. The minimum Gasteiger partial charge on any atom is -0.489 e. The molecule has 0 aromatic carbocycles. The van der Waals surface area contributed by atoms with Crippen molar-refractivity contribution in [3.05, 3.63) is 24.0 Å². The van der Waals surface area contributed by atoms with Gasteiger partial charge in [-0.15, -0.1) is 11.6 Å². The van der Waals surface area contributed by atoms with Gasteiger partial charge in [0.2, 0.25) is 0 Å². The molecule has 0 spiro atoms. The fourth-order valence-electron chi connectivity index (χ4n) is 1.61. The van der Waals surface area contributed by atoms with Gasteiger partial charge in [-0.3, -0.25) is 4.98 Å². The van der Waals surface area contributed by atoms with E-state index in [1.54, 1.807) is 12.4 Å². The van der Waals surface area contributed by atoms with Gasteiger partial charge in [-0.2, -0.15) is 0 Å². The van der Waals surface area contributed by atoms with Crippen LogP contribution in [0.3, 0.4) is 0 Å². The maximum absolute atomic E-state index is 5.79. The molecule has 1 fully saturated rings. The molecule has 0 aliphatic carbocycles. The molecule has 0 saturated carbocycles. The lowest BCUT2D eigenvalue weighted by Gasteiger charge is -2.12. The molecule has 1 aliphatic rings. The zero-order valence-corrected chi connectivity index (χ0v) is 9.24. The van der Waals surface area contributed by atoms with Crippen molar-refractivity contribution in [2.45, 2.75) is 24.8 Å². The van der Waals surface area contributed by atoms with E-state index in [4.69, 9.17) is 21.1 Å². The molecule has 3 nitrogen and oxygen atoms in total. The standard InChI is InChI=1S/C11H14ClNO2/c12-6-9-3-4-13-7-11(9)15-8-10-2-1-5-14-10/h3-4,7,10H,1-2,5-6,8H2. The van der Waals surface area contributed by atoms with Gasteiger partial charge in [0.15, 0.2) is 0 Å². The first kappa shape index (κ1) is 10.7. The van der Waals surface area contributed by atoms with Crippen molar-refractivity contribution in [2.75, 3.05) is 13.2 Å². The van der Waals surface area contributed by atoms with E-state index in [1.807, 2.05) is 6.07 Å². The fourth-order valence-corrected chi connectivity index (χ4v) is 1.83. The molecular formula is C11H14ClNO2. The number of halogens is 1. The maximum Gasteiger partial charge on any atom is 0.142 e. The smallest absolute Gasteiger partial charge is 0.142 e. The summed E-state index contributed by atoms with van der Waals surface area (Å²) in [6.45, 7) is 1.44. The molecule has 15 heavy (non-hydrogen) atoms. The zero-order valence-electron chi connectivity index (χ0n) is 8.49. The van der Waals surface area contributed by atoms with Gasteiger partial charge < -0.3 is 9.47 Å². The molecule has 1 saturated heterocycles. The number of rotatable bonds is 4. The zero-order chi connectivity index (χ0) is 10.5. The van der Waals surface area contributed by atoms with Crippen molar-refractivity contribution in [3.63, 3.8) is 0 Å². The van der Waals surface area contributed by atoms with Gasteiger partial charge >= 0.3 is 0 Å². The summed E-state index contributed by atoms with van der Waals surface area (Å²) in [5, 5.41) is 0. The van der Waals surface area contributed by atoms with Crippen molar-refractivity contribution in [1.82, 2.24) is 4.98 Å². The van der Waals surface area contributed by atoms with Gasteiger partial charge in [0.25, 0.3) is 0 Å². The van der Waals surface area contributed by atoms with Crippen LogP contribution in [0.2, 0.25) is 0 Å². The first-order chi connectivity index (χ1) is 7.40. The minimum absolute atomic E-state index is 0.230. The second-order valence-corrected chi connectivity index (χ2v) is 3.83. The highest BCUT2D eigenvalue weighted by molar-refractivity contribution is 6.17.